The van der Waals surface area contributed by atoms with Crippen LogP contribution in [0, 0.1) is 46.3 Å². The fourth-order valence-electron chi connectivity index (χ4n) is 7.26. The van der Waals surface area contributed by atoms with Gasteiger partial charge in [-0.15, -0.1) is 0 Å². The maximum absolute atomic E-state index is 3.88. The van der Waals surface area contributed by atoms with Crippen molar-refractivity contribution in [2.45, 2.75) is 72.8 Å². The summed E-state index contributed by atoms with van der Waals surface area (Å²) in [7, 11) is 0. The molecule has 6 rings (SSSR count). The Labute approximate surface area is 149 Å². The van der Waals surface area contributed by atoms with Crippen molar-refractivity contribution in [3.63, 3.8) is 0 Å². The van der Waals surface area contributed by atoms with Gasteiger partial charge >= 0.3 is 0 Å². The monoisotopic (exact) mass is 332 g/mol. The Morgan fingerprint density at radius 2 is 1.54 bits per heavy atom. The summed E-state index contributed by atoms with van der Waals surface area (Å²) < 4.78 is 0. The summed E-state index contributed by atoms with van der Waals surface area (Å²) in [6.07, 6.45) is 7.36. The summed E-state index contributed by atoms with van der Waals surface area (Å²) in [4.78, 5) is 0. The molecule has 0 aromatic carbocycles. The fourth-order valence-corrected chi connectivity index (χ4v) is 7.26. The highest BCUT2D eigenvalue weighted by Gasteiger charge is 2.56. The third-order valence-corrected chi connectivity index (χ3v) is 9.47. The molecule has 4 bridgehead atoms. The van der Waals surface area contributed by atoms with Crippen LogP contribution in [0.5, 0.6) is 0 Å². The fraction of sp³-hybridized carbons (Fsp3) is 1.00. The number of nitrogens with one attached hydrogen (secondary N) is 2. The molecule has 138 valence electrons. The summed E-state index contributed by atoms with van der Waals surface area (Å²) in [5.74, 6) is 5.74. The maximum atomic E-state index is 3.88. The lowest BCUT2D eigenvalue weighted by molar-refractivity contribution is -0.115. The van der Waals surface area contributed by atoms with Gasteiger partial charge in [0.25, 0.3) is 0 Å². The Morgan fingerprint density at radius 1 is 0.833 bits per heavy atom. The predicted octanol–water partition coefficient (Wildman–Crippen LogP) is 4.31. The highest BCUT2D eigenvalue weighted by atomic mass is 15.0. The van der Waals surface area contributed by atoms with Crippen molar-refractivity contribution in [1.82, 2.24) is 10.6 Å². The van der Waals surface area contributed by atoms with E-state index in [4.69, 9.17) is 0 Å². The first-order chi connectivity index (χ1) is 11.3. The van der Waals surface area contributed by atoms with Crippen LogP contribution in [-0.4, -0.2) is 25.7 Å². The molecule has 6 aliphatic carbocycles. The highest BCUT2D eigenvalue weighted by molar-refractivity contribution is 5.07. The molecule has 2 nitrogen and oxygen atoms in total. The first-order valence-corrected chi connectivity index (χ1v) is 10.8. The van der Waals surface area contributed by atoms with Crippen molar-refractivity contribution >= 4 is 0 Å². The molecule has 0 aliphatic heterocycles. The van der Waals surface area contributed by atoms with E-state index in [-0.39, 0.29) is 0 Å². The van der Waals surface area contributed by atoms with E-state index < -0.39 is 0 Å². The average Bonchev–Trinajstić information content (AvgIpc) is 2.55. The van der Waals surface area contributed by atoms with Crippen LogP contribution in [0.15, 0.2) is 0 Å². The number of fused-ring (bicyclic) bond motifs is 4. The summed E-state index contributed by atoms with van der Waals surface area (Å²) in [5, 5.41) is 7.66. The van der Waals surface area contributed by atoms with Gasteiger partial charge in [-0.05, 0) is 85.0 Å². The van der Waals surface area contributed by atoms with Crippen LogP contribution in [0.1, 0.15) is 66.7 Å². The van der Waals surface area contributed by atoms with Crippen molar-refractivity contribution in [3.8, 4) is 0 Å². The summed E-state index contributed by atoms with van der Waals surface area (Å²) in [6.45, 7) is 16.1. The van der Waals surface area contributed by atoms with E-state index in [9.17, 15) is 0 Å². The molecule has 0 aromatic heterocycles. The van der Waals surface area contributed by atoms with Crippen molar-refractivity contribution in [2.75, 3.05) is 19.6 Å². The molecule has 6 saturated carbocycles. The third kappa shape index (κ3) is 2.58. The van der Waals surface area contributed by atoms with E-state index in [1.54, 1.807) is 0 Å². The molecule has 6 aliphatic rings. The second-order valence-corrected chi connectivity index (χ2v) is 10.9. The van der Waals surface area contributed by atoms with Crippen LogP contribution in [0.3, 0.4) is 0 Å². The van der Waals surface area contributed by atoms with Gasteiger partial charge in [0.1, 0.15) is 0 Å². The van der Waals surface area contributed by atoms with Gasteiger partial charge in [-0.3, -0.25) is 0 Å². The minimum absolute atomic E-state index is 0.615. The summed E-state index contributed by atoms with van der Waals surface area (Å²) in [5.41, 5.74) is 1.25. The van der Waals surface area contributed by atoms with Crippen LogP contribution in [-0.2, 0) is 0 Å². The lowest BCUT2D eigenvalue weighted by Gasteiger charge is -2.62. The molecule has 2 N–H and O–H groups in total. The van der Waals surface area contributed by atoms with Crippen LogP contribution < -0.4 is 10.6 Å². The van der Waals surface area contributed by atoms with E-state index >= 15 is 0 Å². The van der Waals surface area contributed by atoms with Crippen molar-refractivity contribution < 1.29 is 0 Å². The predicted molar refractivity (Wildman–Crippen MR) is 102 cm³/mol. The quantitative estimate of drug-likeness (QED) is 0.708. The van der Waals surface area contributed by atoms with Crippen LogP contribution in [0.4, 0.5) is 0 Å². The van der Waals surface area contributed by atoms with Gasteiger partial charge in [-0.25, -0.2) is 0 Å². The molecule has 0 saturated heterocycles. The van der Waals surface area contributed by atoms with Crippen molar-refractivity contribution in [1.29, 1.82) is 0 Å². The molecular weight excluding hydrogens is 292 g/mol. The third-order valence-electron chi connectivity index (χ3n) is 9.47. The van der Waals surface area contributed by atoms with E-state index in [1.165, 1.54) is 38.6 Å². The van der Waals surface area contributed by atoms with Gasteiger partial charge in [0.2, 0.25) is 0 Å². The molecule has 0 amide bonds. The highest BCUT2D eigenvalue weighted by Crippen LogP contribution is 2.62. The first kappa shape index (κ1) is 17.3. The zero-order chi connectivity index (χ0) is 17.1. The molecule has 6 fully saturated rings. The molecule has 24 heavy (non-hydrogen) atoms. The molecule has 0 heterocycles. The smallest absolute Gasteiger partial charge is 0.00989 e. The van der Waals surface area contributed by atoms with Gasteiger partial charge < -0.3 is 10.6 Å². The lowest BCUT2D eigenvalue weighted by Crippen LogP contribution is -2.60. The van der Waals surface area contributed by atoms with Gasteiger partial charge in [0, 0.05) is 19.1 Å². The second kappa shape index (κ2) is 5.98. The number of hydrogen-bond donors (Lipinski definition) is 2. The Hall–Kier alpha value is -0.0800. The first-order valence-electron chi connectivity index (χ1n) is 10.8. The molecule has 7 atom stereocenters. The van der Waals surface area contributed by atoms with Crippen LogP contribution in [0.25, 0.3) is 0 Å². The molecular formula is C22H40N2. The minimum atomic E-state index is 0.615. The van der Waals surface area contributed by atoms with Gasteiger partial charge in [0.05, 0.1) is 0 Å². The summed E-state index contributed by atoms with van der Waals surface area (Å²) in [6, 6.07) is 0.768. The molecule has 0 spiro atoms. The average molecular weight is 333 g/mol. The SMILES string of the molecule is C[C@@H]1C2C[C@@H](C[C@H]1NCCNCC1CCC3C[C@@H]1C3(C)C)C2(C)C. The normalized spacial score (nSPS) is 47.6. The van der Waals surface area contributed by atoms with E-state index in [0.29, 0.717) is 10.8 Å². The summed E-state index contributed by atoms with van der Waals surface area (Å²) >= 11 is 0. The molecule has 3 unspecified atom stereocenters. The second-order valence-electron chi connectivity index (χ2n) is 10.9. The molecule has 0 radical (unpaired) electrons. The van der Waals surface area contributed by atoms with Crippen molar-refractivity contribution in [2.24, 2.45) is 46.3 Å². The van der Waals surface area contributed by atoms with E-state index in [0.717, 1.165) is 54.6 Å². The number of hydrogen-bond acceptors (Lipinski definition) is 2. The van der Waals surface area contributed by atoms with Gasteiger partial charge in [-0.1, -0.05) is 34.6 Å². The van der Waals surface area contributed by atoms with E-state index in [2.05, 4.69) is 45.3 Å². The topological polar surface area (TPSA) is 24.1 Å². The van der Waals surface area contributed by atoms with Crippen LogP contribution in [0.2, 0.25) is 0 Å². The zero-order valence-electron chi connectivity index (χ0n) is 16.7. The maximum Gasteiger partial charge on any atom is 0.00989 e. The zero-order valence-corrected chi connectivity index (χ0v) is 16.7. The number of rotatable bonds is 6. The van der Waals surface area contributed by atoms with Crippen molar-refractivity contribution in [3.05, 3.63) is 0 Å². The molecule has 0 aromatic rings. The Morgan fingerprint density at radius 3 is 2.17 bits per heavy atom. The molecule has 2 heteroatoms. The van der Waals surface area contributed by atoms with Gasteiger partial charge in [-0.2, -0.15) is 0 Å². The Kier molecular flexibility index (Phi) is 4.32. The Balaban J connectivity index is 1.15. The largest absolute Gasteiger partial charge is 0.315 e. The lowest BCUT2D eigenvalue weighted by atomic mass is 9.45. The van der Waals surface area contributed by atoms with Gasteiger partial charge in [0.15, 0.2) is 0 Å². The van der Waals surface area contributed by atoms with Crippen LogP contribution >= 0.6 is 0 Å². The van der Waals surface area contributed by atoms with E-state index in [1.807, 2.05) is 0 Å². The Bertz CT molecular complexity index is 467. The minimum Gasteiger partial charge on any atom is -0.315 e. The standard InChI is InChI=1S/C22H40N2/c1-14-18-11-17(22(18,4)5)12-20(14)24-9-8-23-13-15-6-7-16-10-19(15)21(16,2)3/h14-20,23-24H,6-13H2,1-5H3/t14-,15?,16?,17+,18?,19+,20-/m1/s1.